The summed E-state index contributed by atoms with van der Waals surface area (Å²) in [6.07, 6.45) is 5.35. The molecule has 0 aromatic carbocycles. The molecule has 0 aromatic rings. The van der Waals surface area contributed by atoms with E-state index in [0.717, 1.165) is 26.4 Å². The predicted octanol–water partition coefficient (Wildman–Crippen LogP) is 2.60. The van der Waals surface area contributed by atoms with E-state index in [1.807, 2.05) is 0 Å². The van der Waals surface area contributed by atoms with Gasteiger partial charge in [-0.25, -0.2) is 0 Å². The second-order valence-electron chi connectivity index (χ2n) is 6.52. The van der Waals surface area contributed by atoms with Crippen LogP contribution in [0.5, 0.6) is 0 Å². The second-order valence-corrected chi connectivity index (χ2v) is 6.52. The van der Waals surface area contributed by atoms with Gasteiger partial charge < -0.3 is 14.8 Å². The molecule has 3 unspecified atom stereocenters. The van der Waals surface area contributed by atoms with Gasteiger partial charge in [-0.15, -0.1) is 0 Å². The van der Waals surface area contributed by atoms with E-state index < -0.39 is 0 Å². The summed E-state index contributed by atoms with van der Waals surface area (Å²) in [5.74, 6) is 0.623. The Balaban J connectivity index is 1.87. The molecule has 1 N–H and O–H groups in total. The highest BCUT2D eigenvalue weighted by molar-refractivity contribution is 4.94. The average Bonchev–Trinajstić information content (AvgIpc) is 2.83. The van der Waals surface area contributed by atoms with E-state index in [1.165, 1.54) is 25.7 Å². The molecule has 1 saturated heterocycles. The van der Waals surface area contributed by atoms with Gasteiger partial charge in [-0.05, 0) is 31.2 Å². The fourth-order valence-corrected chi connectivity index (χ4v) is 3.37. The van der Waals surface area contributed by atoms with Crippen molar-refractivity contribution in [3.05, 3.63) is 0 Å². The summed E-state index contributed by atoms with van der Waals surface area (Å²) < 4.78 is 11.6. The molecule has 0 radical (unpaired) electrons. The van der Waals surface area contributed by atoms with Crippen LogP contribution in [0.4, 0.5) is 0 Å². The first kappa shape index (κ1) is 14.3. The summed E-state index contributed by atoms with van der Waals surface area (Å²) in [6.45, 7) is 10.6. The van der Waals surface area contributed by atoms with Gasteiger partial charge in [-0.2, -0.15) is 0 Å². The number of hydrogen-bond acceptors (Lipinski definition) is 3. The zero-order valence-electron chi connectivity index (χ0n) is 12.2. The van der Waals surface area contributed by atoms with Crippen molar-refractivity contribution in [3.8, 4) is 0 Å². The molecule has 1 heterocycles. The van der Waals surface area contributed by atoms with Gasteiger partial charge >= 0.3 is 0 Å². The molecule has 0 amide bonds. The van der Waals surface area contributed by atoms with Crippen LogP contribution in [0.25, 0.3) is 0 Å². The topological polar surface area (TPSA) is 30.5 Å². The first-order valence-corrected chi connectivity index (χ1v) is 7.56. The van der Waals surface area contributed by atoms with E-state index in [-0.39, 0.29) is 0 Å². The van der Waals surface area contributed by atoms with Gasteiger partial charge in [0, 0.05) is 18.6 Å². The Morgan fingerprint density at radius 2 is 2.17 bits per heavy atom. The monoisotopic (exact) mass is 255 g/mol. The first-order valence-electron chi connectivity index (χ1n) is 7.56. The van der Waals surface area contributed by atoms with Gasteiger partial charge in [0.25, 0.3) is 0 Å². The molecule has 2 aliphatic rings. The molecule has 0 aromatic heterocycles. The molecule has 3 nitrogen and oxygen atoms in total. The van der Waals surface area contributed by atoms with Crippen LogP contribution in [0, 0.1) is 11.3 Å². The van der Waals surface area contributed by atoms with Crippen molar-refractivity contribution >= 4 is 0 Å². The van der Waals surface area contributed by atoms with Crippen LogP contribution >= 0.6 is 0 Å². The van der Waals surface area contributed by atoms with E-state index in [9.17, 15) is 0 Å². The quantitative estimate of drug-likeness (QED) is 0.819. The van der Waals surface area contributed by atoms with Gasteiger partial charge in [0.1, 0.15) is 0 Å². The molecule has 2 rings (SSSR count). The van der Waals surface area contributed by atoms with Crippen LogP contribution in [0.3, 0.4) is 0 Å². The minimum absolute atomic E-state index is 0.352. The summed E-state index contributed by atoms with van der Waals surface area (Å²) in [4.78, 5) is 0. The van der Waals surface area contributed by atoms with Crippen molar-refractivity contribution < 1.29 is 9.47 Å². The highest BCUT2D eigenvalue weighted by Crippen LogP contribution is 2.37. The van der Waals surface area contributed by atoms with Gasteiger partial charge in [0.05, 0.1) is 19.3 Å². The largest absolute Gasteiger partial charge is 0.381 e. The lowest BCUT2D eigenvalue weighted by atomic mass is 9.71. The Bertz CT molecular complexity index is 249. The molecule has 106 valence electrons. The minimum atomic E-state index is 0.352. The summed E-state index contributed by atoms with van der Waals surface area (Å²) >= 11 is 0. The Morgan fingerprint density at radius 1 is 1.33 bits per heavy atom. The van der Waals surface area contributed by atoms with Gasteiger partial charge in [0.15, 0.2) is 0 Å². The SMILES string of the molecule is CCNC1C(OCC2CCOC2)CCCC1(C)C. The Labute approximate surface area is 112 Å². The lowest BCUT2D eigenvalue weighted by Gasteiger charge is -2.44. The third-order valence-corrected chi connectivity index (χ3v) is 4.52. The van der Waals surface area contributed by atoms with Crippen LogP contribution in [0.1, 0.15) is 46.5 Å². The van der Waals surface area contributed by atoms with Crippen molar-refractivity contribution in [3.63, 3.8) is 0 Å². The molecule has 0 bridgehead atoms. The zero-order valence-corrected chi connectivity index (χ0v) is 12.2. The summed E-state index contributed by atoms with van der Waals surface area (Å²) in [7, 11) is 0. The normalized spacial score (nSPS) is 35.8. The molecule has 18 heavy (non-hydrogen) atoms. The maximum absolute atomic E-state index is 6.23. The maximum Gasteiger partial charge on any atom is 0.0733 e. The molecule has 1 saturated carbocycles. The number of rotatable bonds is 5. The Hall–Kier alpha value is -0.120. The smallest absolute Gasteiger partial charge is 0.0733 e. The fraction of sp³-hybridized carbons (Fsp3) is 1.00. The highest BCUT2D eigenvalue weighted by Gasteiger charge is 2.39. The lowest BCUT2D eigenvalue weighted by Crippen LogP contribution is -2.53. The third-order valence-electron chi connectivity index (χ3n) is 4.52. The molecule has 3 atom stereocenters. The second kappa shape index (κ2) is 6.36. The minimum Gasteiger partial charge on any atom is -0.381 e. The van der Waals surface area contributed by atoms with Crippen molar-refractivity contribution in [2.75, 3.05) is 26.4 Å². The molecule has 3 heteroatoms. The predicted molar refractivity (Wildman–Crippen MR) is 73.8 cm³/mol. The van der Waals surface area contributed by atoms with E-state index in [1.54, 1.807) is 0 Å². The van der Waals surface area contributed by atoms with Crippen molar-refractivity contribution in [1.29, 1.82) is 0 Å². The summed E-state index contributed by atoms with van der Waals surface area (Å²) in [5, 5.41) is 3.64. The van der Waals surface area contributed by atoms with Crippen LogP contribution in [-0.2, 0) is 9.47 Å². The van der Waals surface area contributed by atoms with Crippen LogP contribution in [0.15, 0.2) is 0 Å². The number of ether oxygens (including phenoxy) is 2. The number of nitrogens with one attached hydrogen (secondary N) is 1. The van der Waals surface area contributed by atoms with Crippen molar-refractivity contribution in [1.82, 2.24) is 5.32 Å². The molecule has 0 spiro atoms. The molecule has 1 aliphatic heterocycles. The Morgan fingerprint density at radius 3 is 2.83 bits per heavy atom. The molecular formula is C15H29NO2. The highest BCUT2D eigenvalue weighted by atomic mass is 16.5. The fourth-order valence-electron chi connectivity index (χ4n) is 3.37. The lowest BCUT2D eigenvalue weighted by molar-refractivity contribution is -0.0493. The third kappa shape index (κ3) is 3.46. The van der Waals surface area contributed by atoms with Gasteiger partial charge in [-0.1, -0.05) is 27.2 Å². The standard InChI is InChI=1S/C15H29NO2/c1-4-16-14-13(6-5-8-15(14,2)3)18-11-12-7-9-17-10-12/h12-14,16H,4-11H2,1-3H3. The van der Waals surface area contributed by atoms with Gasteiger partial charge in [0.2, 0.25) is 0 Å². The van der Waals surface area contributed by atoms with Crippen molar-refractivity contribution in [2.24, 2.45) is 11.3 Å². The molecule has 1 aliphatic carbocycles. The van der Waals surface area contributed by atoms with E-state index in [0.29, 0.717) is 23.5 Å². The zero-order chi connectivity index (χ0) is 13.0. The maximum atomic E-state index is 6.23. The average molecular weight is 255 g/mol. The van der Waals surface area contributed by atoms with E-state index in [2.05, 4.69) is 26.1 Å². The van der Waals surface area contributed by atoms with Crippen LogP contribution in [-0.4, -0.2) is 38.5 Å². The van der Waals surface area contributed by atoms with Crippen molar-refractivity contribution in [2.45, 2.75) is 58.6 Å². The molecule has 2 fully saturated rings. The van der Waals surface area contributed by atoms with E-state index >= 15 is 0 Å². The first-order chi connectivity index (χ1) is 8.63. The van der Waals surface area contributed by atoms with E-state index in [4.69, 9.17) is 9.47 Å². The number of likely N-dealkylation sites (N-methyl/N-ethyl adjacent to an activating group) is 1. The summed E-state index contributed by atoms with van der Waals surface area (Å²) in [6, 6.07) is 0.499. The van der Waals surface area contributed by atoms with Gasteiger partial charge in [-0.3, -0.25) is 0 Å². The van der Waals surface area contributed by atoms with Crippen LogP contribution in [0.2, 0.25) is 0 Å². The summed E-state index contributed by atoms with van der Waals surface area (Å²) in [5.41, 5.74) is 0.352. The number of hydrogen-bond donors (Lipinski definition) is 1. The molecular weight excluding hydrogens is 226 g/mol. The Kier molecular flexibility index (Phi) is 5.05. The van der Waals surface area contributed by atoms with Crippen LogP contribution < -0.4 is 5.32 Å².